The van der Waals surface area contributed by atoms with Crippen LogP contribution in [-0.4, -0.2) is 16.8 Å². The summed E-state index contributed by atoms with van der Waals surface area (Å²) in [6, 6.07) is 5.43. The summed E-state index contributed by atoms with van der Waals surface area (Å²) >= 11 is 0. The van der Waals surface area contributed by atoms with Crippen molar-refractivity contribution in [1.29, 1.82) is 0 Å². The molecule has 0 spiro atoms. The van der Waals surface area contributed by atoms with Gasteiger partial charge in [0.15, 0.2) is 0 Å². The Morgan fingerprint density at radius 3 is 2.65 bits per heavy atom. The van der Waals surface area contributed by atoms with Crippen molar-refractivity contribution in [2.75, 3.05) is 7.05 Å². The quantitative estimate of drug-likeness (QED) is 0.906. The SMILES string of the molecule is CCCn1nc(C)c(-c2ccc(CNC)c(F)c2)c1C. The first-order valence-electron chi connectivity index (χ1n) is 7.05. The van der Waals surface area contributed by atoms with Crippen molar-refractivity contribution in [3.05, 3.63) is 41.0 Å². The molecule has 1 heterocycles. The van der Waals surface area contributed by atoms with Gasteiger partial charge < -0.3 is 5.32 Å². The molecule has 0 unspecified atom stereocenters. The number of rotatable bonds is 5. The summed E-state index contributed by atoms with van der Waals surface area (Å²) in [6.07, 6.45) is 1.04. The van der Waals surface area contributed by atoms with Crippen LogP contribution in [0.25, 0.3) is 11.1 Å². The van der Waals surface area contributed by atoms with E-state index >= 15 is 0 Å². The summed E-state index contributed by atoms with van der Waals surface area (Å²) < 4.78 is 16.1. The highest BCUT2D eigenvalue weighted by Crippen LogP contribution is 2.28. The summed E-state index contributed by atoms with van der Waals surface area (Å²) in [7, 11) is 1.82. The number of aromatic nitrogens is 2. The van der Waals surface area contributed by atoms with E-state index in [1.165, 1.54) is 0 Å². The Kier molecular flexibility index (Phi) is 4.55. The fourth-order valence-electron chi connectivity index (χ4n) is 2.58. The Labute approximate surface area is 119 Å². The molecule has 2 aromatic rings. The van der Waals surface area contributed by atoms with Crippen LogP contribution in [0.15, 0.2) is 18.2 Å². The van der Waals surface area contributed by atoms with Crippen LogP contribution in [0.3, 0.4) is 0 Å². The molecule has 0 saturated heterocycles. The second-order valence-corrected chi connectivity index (χ2v) is 5.11. The lowest BCUT2D eigenvalue weighted by Gasteiger charge is -2.07. The summed E-state index contributed by atoms with van der Waals surface area (Å²) in [5, 5.41) is 7.52. The molecule has 0 bridgehead atoms. The Hall–Kier alpha value is -1.68. The molecule has 0 aliphatic heterocycles. The second-order valence-electron chi connectivity index (χ2n) is 5.11. The van der Waals surface area contributed by atoms with Crippen LogP contribution in [0.2, 0.25) is 0 Å². The van der Waals surface area contributed by atoms with Gasteiger partial charge in [-0.25, -0.2) is 4.39 Å². The van der Waals surface area contributed by atoms with Crippen molar-refractivity contribution < 1.29 is 4.39 Å². The van der Waals surface area contributed by atoms with Crippen molar-refractivity contribution in [3.63, 3.8) is 0 Å². The molecule has 0 aliphatic rings. The van der Waals surface area contributed by atoms with Crippen molar-refractivity contribution in [2.24, 2.45) is 0 Å². The number of benzene rings is 1. The molecule has 20 heavy (non-hydrogen) atoms. The summed E-state index contributed by atoms with van der Waals surface area (Å²) in [5.41, 5.74) is 4.70. The van der Waals surface area contributed by atoms with E-state index in [0.29, 0.717) is 12.1 Å². The molecule has 2 rings (SSSR count). The van der Waals surface area contributed by atoms with Crippen LogP contribution in [0.4, 0.5) is 4.39 Å². The van der Waals surface area contributed by atoms with Crippen LogP contribution in [0, 0.1) is 19.7 Å². The maximum absolute atomic E-state index is 14.1. The van der Waals surface area contributed by atoms with Crippen molar-refractivity contribution >= 4 is 0 Å². The van der Waals surface area contributed by atoms with Gasteiger partial charge in [-0.2, -0.15) is 5.10 Å². The Balaban J connectivity index is 2.44. The van der Waals surface area contributed by atoms with Crippen LogP contribution in [0.5, 0.6) is 0 Å². The highest BCUT2D eigenvalue weighted by Gasteiger charge is 2.14. The predicted molar refractivity (Wildman–Crippen MR) is 80.1 cm³/mol. The highest BCUT2D eigenvalue weighted by atomic mass is 19.1. The molecule has 1 N–H and O–H groups in total. The zero-order valence-electron chi connectivity index (χ0n) is 12.6. The predicted octanol–water partition coefficient (Wildman–Crippen LogP) is 3.44. The largest absolute Gasteiger partial charge is 0.316 e. The maximum Gasteiger partial charge on any atom is 0.128 e. The van der Waals surface area contributed by atoms with Crippen LogP contribution >= 0.6 is 0 Å². The van der Waals surface area contributed by atoms with E-state index < -0.39 is 0 Å². The number of nitrogens with zero attached hydrogens (tertiary/aromatic N) is 2. The minimum absolute atomic E-state index is 0.168. The van der Waals surface area contributed by atoms with E-state index in [1.807, 2.05) is 37.7 Å². The molecule has 108 valence electrons. The maximum atomic E-state index is 14.1. The standard InChI is InChI=1S/C16H22FN3/c1-5-8-20-12(3)16(11(2)19-20)13-6-7-14(10-18-4)15(17)9-13/h6-7,9,18H,5,8,10H2,1-4H3. The molecule has 1 aromatic carbocycles. The van der Waals surface area contributed by atoms with Crippen LogP contribution in [-0.2, 0) is 13.1 Å². The third kappa shape index (κ3) is 2.75. The first-order chi connectivity index (χ1) is 9.58. The van der Waals surface area contributed by atoms with E-state index in [2.05, 4.69) is 17.3 Å². The Bertz CT molecular complexity index is 602. The number of hydrogen-bond donors (Lipinski definition) is 1. The minimum Gasteiger partial charge on any atom is -0.316 e. The molecular formula is C16H22FN3. The third-order valence-electron chi connectivity index (χ3n) is 3.53. The molecule has 0 aliphatic carbocycles. The van der Waals surface area contributed by atoms with Gasteiger partial charge in [-0.15, -0.1) is 0 Å². The molecule has 1 aromatic heterocycles. The van der Waals surface area contributed by atoms with E-state index in [9.17, 15) is 4.39 Å². The second kappa shape index (κ2) is 6.18. The van der Waals surface area contributed by atoms with Gasteiger partial charge in [0.1, 0.15) is 5.82 Å². The Morgan fingerprint density at radius 2 is 2.05 bits per heavy atom. The lowest BCUT2D eigenvalue weighted by atomic mass is 10.0. The molecule has 0 radical (unpaired) electrons. The van der Waals surface area contributed by atoms with Crippen molar-refractivity contribution in [3.8, 4) is 11.1 Å². The van der Waals surface area contributed by atoms with Gasteiger partial charge in [0.2, 0.25) is 0 Å². The van der Waals surface area contributed by atoms with E-state index in [1.54, 1.807) is 6.07 Å². The van der Waals surface area contributed by atoms with Gasteiger partial charge in [-0.1, -0.05) is 19.1 Å². The number of aryl methyl sites for hydroxylation is 2. The minimum atomic E-state index is -0.168. The van der Waals surface area contributed by atoms with Gasteiger partial charge in [0, 0.05) is 29.9 Å². The zero-order chi connectivity index (χ0) is 14.7. The zero-order valence-corrected chi connectivity index (χ0v) is 12.6. The van der Waals surface area contributed by atoms with E-state index in [4.69, 9.17) is 0 Å². The molecular weight excluding hydrogens is 253 g/mol. The smallest absolute Gasteiger partial charge is 0.128 e. The fourth-order valence-corrected chi connectivity index (χ4v) is 2.58. The van der Waals surface area contributed by atoms with E-state index in [0.717, 1.165) is 35.5 Å². The summed E-state index contributed by atoms with van der Waals surface area (Å²) in [5.74, 6) is -0.168. The van der Waals surface area contributed by atoms with E-state index in [-0.39, 0.29) is 5.82 Å². The number of halogens is 1. The van der Waals surface area contributed by atoms with Crippen LogP contribution < -0.4 is 5.32 Å². The van der Waals surface area contributed by atoms with Gasteiger partial charge in [-0.05, 0) is 38.9 Å². The average molecular weight is 275 g/mol. The topological polar surface area (TPSA) is 29.9 Å². The summed E-state index contributed by atoms with van der Waals surface area (Å²) in [6.45, 7) is 7.59. The normalized spacial score (nSPS) is 11.1. The molecule has 0 saturated carbocycles. The lowest BCUT2D eigenvalue weighted by molar-refractivity contribution is 0.583. The number of nitrogens with one attached hydrogen (secondary N) is 1. The average Bonchev–Trinajstić information content (AvgIpc) is 2.68. The lowest BCUT2D eigenvalue weighted by Crippen LogP contribution is -2.07. The molecule has 3 nitrogen and oxygen atoms in total. The molecule has 0 amide bonds. The van der Waals surface area contributed by atoms with Gasteiger partial charge in [0.25, 0.3) is 0 Å². The molecule has 4 heteroatoms. The van der Waals surface area contributed by atoms with Gasteiger partial charge in [-0.3, -0.25) is 4.68 Å². The fraction of sp³-hybridized carbons (Fsp3) is 0.438. The molecule has 0 atom stereocenters. The Morgan fingerprint density at radius 1 is 1.30 bits per heavy atom. The van der Waals surface area contributed by atoms with Gasteiger partial charge >= 0.3 is 0 Å². The molecule has 0 fully saturated rings. The summed E-state index contributed by atoms with van der Waals surface area (Å²) in [4.78, 5) is 0. The monoisotopic (exact) mass is 275 g/mol. The number of hydrogen-bond acceptors (Lipinski definition) is 2. The first kappa shape index (κ1) is 14.7. The van der Waals surface area contributed by atoms with Gasteiger partial charge in [0.05, 0.1) is 5.69 Å². The van der Waals surface area contributed by atoms with Crippen molar-refractivity contribution in [1.82, 2.24) is 15.1 Å². The van der Waals surface area contributed by atoms with Crippen LogP contribution in [0.1, 0.15) is 30.3 Å². The first-order valence-corrected chi connectivity index (χ1v) is 7.05. The third-order valence-corrected chi connectivity index (χ3v) is 3.53. The van der Waals surface area contributed by atoms with Crippen molar-refractivity contribution in [2.45, 2.75) is 40.3 Å². The highest BCUT2D eigenvalue weighted by molar-refractivity contribution is 5.68.